The largest absolute Gasteiger partial charge is 0.102 e. The van der Waals surface area contributed by atoms with Crippen LogP contribution in [0.4, 0.5) is 0 Å². The first-order valence-electron chi connectivity index (χ1n) is 5.71. The molecule has 0 amide bonds. The predicted octanol–water partition coefficient (Wildman–Crippen LogP) is 4.63. The first-order chi connectivity index (χ1) is 7.34. The number of hydrogen-bond acceptors (Lipinski definition) is 0. The van der Waals surface area contributed by atoms with E-state index >= 15 is 0 Å². The summed E-state index contributed by atoms with van der Waals surface area (Å²) in [5.41, 5.74) is 6.39. The molecule has 1 atom stereocenters. The third-order valence-corrected chi connectivity index (χ3v) is 3.91. The lowest BCUT2D eigenvalue weighted by atomic mass is 9.74. The third kappa shape index (κ3) is 1.84. The molecule has 0 aliphatic heterocycles. The van der Waals surface area contributed by atoms with Gasteiger partial charge in [-0.05, 0) is 56.9 Å². The van der Waals surface area contributed by atoms with E-state index in [9.17, 15) is 0 Å². The summed E-state index contributed by atoms with van der Waals surface area (Å²) in [6, 6.07) is 4.39. The minimum absolute atomic E-state index is 0.122. The van der Waals surface area contributed by atoms with Crippen LogP contribution in [0, 0.1) is 20.8 Å². The van der Waals surface area contributed by atoms with Gasteiger partial charge in [0.1, 0.15) is 0 Å². The minimum atomic E-state index is -0.122. The molecular weight excluding hydrogens is 192 g/mol. The lowest BCUT2D eigenvalue weighted by Gasteiger charge is -2.30. The molecule has 0 N–H and O–H groups in total. The average molecular weight is 214 g/mol. The van der Waals surface area contributed by atoms with Crippen LogP contribution < -0.4 is 0 Å². The van der Waals surface area contributed by atoms with Gasteiger partial charge < -0.3 is 0 Å². The smallest absolute Gasteiger partial charge is 0.0307 e. The van der Waals surface area contributed by atoms with Crippen molar-refractivity contribution in [2.24, 2.45) is 0 Å². The Morgan fingerprint density at radius 2 is 1.75 bits per heavy atom. The zero-order valence-corrected chi connectivity index (χ0v) is 11.1. The fourth-order valence-electron chi connectivity index (χ4n) is 2.03. The fraction of sp³-hybridized carbons (Fsp3) is 0.375. The molecule has 1 aromatic rings. The molecule has 1 unspecified atom stereocenters. The maximum atomic E-state index is 4.10. The summed E-state index contributed by atoms with van der Waals surface area (Å²) in [6.07, 6.45) is 1.99. The Bertz CT molecular complexity index is 438. The molecule has 0 spiro atoms. The van der Waals surface area contributed by atoms with Gasteiger partial charge in [0.05, 0.1) is 0 Å². The molecule has 0 bridgehead atoms. The van der Waals surface area contributed by atoms with Crippen LogP contribution >= 0.6 is 0 Å². The third-order valence-electron chi connectivity index (χ3n) is 3.91. The summed E-state index contributed by atoms with van der Waals surface area (Å²) in [6.45, 7) is 18.8. The summed E-state index contributed by atoms with van der Waals surface area (Å²) in [4.78, 5) is 0. The van der Waals surface area contributed by atoms with Gasteiger partial charge in [0.25, 0.3) is 0 Å². The van der Waals surface area contributed by atoms with E-state index in [2.05, 4.69) is 59.9 Å². The van der Waals surface area contributed by atoms with Crippen molar-refractivity contribution in [3.05, 3.63) is 59.2 Å². The van der Waals surface area contributed by atoms with Crippen molar-refractivity contribution in [1.82, 2.24) is 0 Å². The highest BCUT2D eigenvalue weighted by Crippen LogP contribution is 2.35. The summed E-state index contributed by atoms with van der Waals surface area (Å²) in [5, 5.41) is 0. The zero-order valence-electron chi connectivity index (χ0n) is 11.1. The van der Waals surface area contributed by atoms with Gasteiger partial charge >= 0.3 is 0 Å². The van der Waals surface area contributed by atoms with Gasteiger partial charge in [-0.3, -0.25) is 0 Å². The van der Waals surface area contributed by atoms with Crippen molar-refractivity contribution in [3.63, 3.8) is 0 Å². The second kappa shape index (κ2) is 4.29. The summed E-state index contributed by atoms with van der Waals surface area (Å²) in [5.74, 6) is 0. The molecule has 0 saturated carbocycles. The highest BCUT2D eigenvalue weighted by molar-refractivity contribution is 5.48. The van der Waals surface area contributed by atoms with E-state index in [1.165, 1.54) is 22.3 Å². The van der Waals surface area contributed by atoms with Crippen molar-refractivity contribution in [1.29, 1.82) is 0 Å². The van der Waals surface area contributed by atoms with E-state index in [-0.39, 0.29) is 5.41 Å². The standard InChI is InChI=1S/C16H22/c1-8-16(7,11(2)3)15-10-9-12(4)13(5)14(15)6/h8-10H,1-2H2,3-7H3. The second-order valence-corrected chi connectivity index (χ2v) is 4.87. The van der Waals surface area contributed by atoms with Gasteiger partial charge in [-0.15, -0.1) is 6.58 Å². The number of hydrogen-bond donors (Lipinski definition) is 0. The van der Waals surface area contributed by atoms with Crippen LogP contribution in [0.15, 0.2) is 36.9 Å². The van der Waals surface area contributed by atoms with Crippen molar-refractivity contribution >= 4 is 0 Å². The number of allylic oxidation sites excluding steroid dienone is 2. The number of aryl methyl sites for hydroxylation is 1. The molecule has 0 aromatic heterocycles. The topological polar surface area (TPSA) is 0 Å². The molecule has 0 radical (unpaired) electrons. The molecule has 1 rings (SSSR count). The van der Waals surface area contributed by atoms with Crippen molar-refractivity contribution in [2.75, 3.05) is 0 Å². The second-order valence-electron chi connectivity index (χ2n) is 4.87. The fourth-order valence-corrected chi connectivity index (χ4v) is 2.03. The van der Waals surface area contributed by atoms with E-state index in [0.717, 1.165) is 5.57 Å². The van der Waals surface area contributed by atoms with E-state index in [1.54, 1.807) is 0 Å². The minimum Gasteiger partial charge on any atom is -0.102 e. The zero-order chi connectivity index (χ0) is 12.5. The molecule has 0 heteroatoms. The van der Waals surface area contributed by atoms with Crippen molar-refractivity contribution < 1.29 is 0 Å². The molecule has 16 heavy (non-hydrogen) atoms. The first kappa shape index (κ1) is 12.8. The Morgan fingerprint density at radius 1 is 1.19 bits per heavy atom. The van der Waals surface area contributed by atoms with Gasteiger partial charge in [0.2, 0.25) is 0 Å². The Morgan fingerprint density at radius 3 is 2.19 bits per heavy atom. The van der Waals surface area contributed by atoms with Crippen LogP contribution in [0.3, 0.4) is 0 Å². The Kier molecular flexibility index (Phi) is 3.42. The van der Waals surface area contributed by atoms with Crippen LogP contribution in [0.1, 0.15) is 36.1 Å². The normalized spacial score (nSPS) is 14.3. The molecule has 0 nitrogen and oxygen atoms in total. The lowest BCUT2D eigenvalue weighted by molar-refractivity contribution is 0.701. The van der Waals surface area contributed by atoms with Gasteiger partial charge in [-0.25, -0.2) is 0 Å². The lowest BCUT2D eigenvalue weighted by Crippen LogP contribution is -2.21. The van der Waals surface area contributed by atoms with E-state index < -0.39 is 0 Å². The molecule has 0 heterocycles. The number of benzene rings is 1. The van der Waals surface area contributed by atoms with Crippen LogP contribution in [-0.4, -0.2) is 0 Å². The van der Waals surface area contributed by atoms with E-state index in [0.29, 0.717) is 0 Å². The SMILES string of the molecule is C=CC(C)(C(=C)C)c1ccc(C)c(C)c1C. The monoisotopic (exact) mass is 214 g/mol. The van der Waals surface area contributed by atoms with E-state index in [4.69, 9.17) is 0 Å². The van der Waals surface area contributed by atoms with Gasteiger partial charge in [0, 0.05) is 5.41 Å². The highest BCUT2D eigenvalue weighted by Gasteiger charge is 2.26. The van der Waals surface area contributed by atoms with Crippen molar-refractivity contribution in [2.45, 2.75) is 40.0 Å². The Balaban J connectivity index is 3.50. The maximum Gasteiger partial charge on any atom is 0.0307 e. The Hall–Kier alpha value is -1.30. The Labute approximate surface area is 99.7 Å². The van der Waals surface area contributed by atoms with Gasteiger partial charge in [-0.2, -0.15) is 0 Å². The van der Waals surface area contributed by atoms with Gasteiger partial charge in [-0.1, -0.05) is 30.4 Å². The quantitative estimate of drug-likeness (QED) is 0.643. The van der Waals surface area contributed by atoms with Crippen LogP contribution in [0.2, 0.25) is 0 Å². The van der Waals surface area contributed by atoms with Crippen LogP contribution in [0.25, 0.3) is 0 Å². The summed E-state index contributed by atoms with van der Waals surface area (Å²) < 4.78 is 0. The highest BCUT2D eigenvalue weighted by atomic mass is 14.3. The molecule has 0 aliphatic rings. The average Bonchev–Trinajstić information content (AvgIpc) is 2.25. The predicted molar refractivity (Wildman–Crippen MR) is 73.0 cm³/mol. The van der Waals surface area contributed by atoms with Crippen LogP contribution in [0.5, 0.6) is 0 Å². The first-order valence-corrected chi connectivity index (χ1v) is 5.71. The molecular formula is C16H22. The molecule has 86 valence electrons. The van der Waals surface area contributed by atoms with Crippen molar-refractivity contribution in [3.8, 4) is 0 Å². The molecule has 1 aromatic carbocycles. The summed E-state index contributed by atoms with van der Waals surface area (Å²) >= 11 is 0. The maximum absolute atomic E-state index is 4.10. The van der Waals surface area contributed by atoms with Crippen LogP contribution in [-0.2, 0) is 5.41 Å². The molecule has 0 saturated heterocycles. The summed E-state index contributed by atoms with van der Waals surface area (Å²) in [7, 11) is 0. The molecule has 0 fully saturated rings. The van der Waals surface area contributed by atoms with Gasteiger partial charge in [0.15, 0.2) is 0 Å². The molecule has 0 aliphatic carbocycles. The number of rotatable bonds is 3. The van der Waals surface area contributed by atoms with E-state index in [1.807, 2.05) is 6.08 Å².